The van der Waals surface area contributed by atoms with Crippen LogP contribution in [-0.2, 0) is 9.53 Å². The largest absolute Gasteiger partial charge is 0.463 e. The lowest BCUT2D eigenvalue weighted by atomic mass is 9.96. The standard InChI is InChI=1S/C23H19N3O5S/c1-3-31-22(28)19-14(2)25-21(27)18(12-15-8-5-4-6-9-15)32-23(25)24-20(19)16-10-7-11-17(13-16)26(29)30/h4-13,20H,3H2,1-2H3. The Balaban J connectivity index is 1.96. The van der Waals surface area contributed by atoms with Crippen LogP contribution >= 0.6 is 11.3 Å². The number of carbonyl (C=O) groups excluding carboxylic acids is 1. The van der Waals surface area contributed by atoms with E-state index in [1.807, 2.05) is 30.3 Å². The normalized spacial score (nSPS) is 15.8. The second-order valence-electron chi connectivity index (χ2n) is 7.05. The number of esters is 1. The first-order valence-electron chi connectivity index (χ1n) is 9.89. The maximum absolute atomic E-state index is 13.1. The third-order valence-corrected chi connectivity index (χ3v) is 6.02. The highest BCUT2D eigenvalue weighted by atomic mass is 32.1. The van der Waals surface area contributed by atoms with Crippen molar-refractivity contribution in [2.45, 2.75) is 19.9 Å². The highest BCUT2D eigenvalue weighted by molar-refractivity contribution is 7.07. The maximum Gasteiger partial charge on any atom is 0.338 e. The minimum Gasteiger partial charge on any atom is -0.463 e. The summed E-state index contributed by atoms with van der Waals surface area (Å²) < 4.78 is 7.10. The van der Waals surface area contributed by atoms with E-state index >= 15 is 0 Å². The molecule has 162 valence electrons. The van der Waals surface area contributed by atoms with Crippen molar-refractivity contribution < 1.29 is 14.5 Å². The number of thiazole rings is 1. The molecule has 0 saturated heterocycles. The molecule has 2 heterocycles. The zero-order chi connectivity index (χ0) is 22.8. The average molecular weight is 449 g/mol. The fourth-order valence-corrected chi connectivity index (χ4v) is 4.61. The topological polar surface area (TPSA) is 104 Å². The Kier molecular flexibility index (Phi) is 5.83. The Morgan fingerprint density at radius 2 is 2.00 bits per heavy atom. The smallest absolute Gasteiger partial charge is 0.338 e. The lowest BCUT2D eigenvalue weighted by Crippen LogP contribution is -2.35. The van der Waals surface area contributed by atoms with Gasteiger partial charge < -0.3 is 4.74 Å². The van der Waals surface area contributed by atoms with Gasteiger partial charge in [-0.05, 0) is 31.1 Å². The quantitative estimate of drug-likeness (QED) is 0.338. The van der Waals surface area contributed by atoms with Crippen molar-refractivity contribution in [2.75, 3.05) is 6.61 Å². The van der Waals surface area contributed by atoms with E-state index in [1.165, 1.54) is 28.0 Å². The van der Waals surface area contributed by atoms with E-state index < -0.39 is 16.9 Å². The SMILES string of the molecule is CCOC(=O)C1=C(C)n2c(sc(=Cc3ccccc3)c2=O)=NC1c1cccc([N+](=O)[O-])c1. The van der Waals surface area contributed by atoms with Crippen LogP contribution in [0.5, 0.6) is 0 Å². The second kappa shape index (κ2) is 8.72. The molecule has 0 fully saturated rings. The van der Waals surface area contributed by atoms with Gasteiger partial charge in [-0.1, -0.05) is 53.8 Å². The van der Waals surface area contributed by atoms with Crippen LogP contribution in [0.25, 0.3) is 11.8 Å². The van der Waals surface area contributed by atoms with Gasteiger partial charge in [0, 0.05) is 17.8 Å². The number of ether oxygens (including phenoxy) is 1. The highest BCUT2D eigenvalue weighted by Crippen LogP contribution is 2.33. The molecule has 1 aliphatic rings. The number of nitro groups is 1. The van der Waals surface area contributed by atoms with Crippen molar-refractivity contribution >= 4 is 34.8 Å². The van der Waals surface area contributed by atoms with Gasteiger partial charge in [-0.3, -0.25) is 19.5 Å². The van der Waals surface area contributed by atoms with Crippen LogP contribution in [0.2, 0.25) is 0 Å². The van der Waals surface area contributed by atoms with Crippen molar-refractivity contribution in [3.63, 3.8) is 0 Å². The summed E-state index contributed by atoms with van der Waals surface area (Å²) in [4.78, 5) is 41.8. The molecule has 0 N–H and O–H groups in total. The molecule has 32 heavy (non-hydrogen) atoms. The summed E-state index contributed by atoms with van der Waals surface area (Å²) >= 11 is 1.20. The third kappa shape index (κ3) is 3.90. The van der Waals surface area contributed by atoms with E-state index in [4.69, 9.17) is 4.74 Å². The second-order valence-corrected chi connectivity index (χ2v) is 8.06. The Hall–Kier alpha value is -3.85. The minimum atomic E-state index is -0.823. The lowest BCUT2D eigenvalue weighted by Gasteiger charge is -2.22. The summed E-state index contributed by atoms with van der Waals surface area (Å²) in [6.07, 6.45) is 1.77. The van der Waals surface area contributed by atoms with Gasteiger partial charge in [0.15, 0.2) is 4.80 Å². The van der Waals surface area contributed by atoms with Crippen LogP contribution < -0.4 is 14.9 Å². The van der Waals surface area contributed by atoms with Crippen LogP contribution in [0.15, 0.2) is 70.0 Å². The molecule has 1 aromatic heterocycles. The summed E-state index contributed by atoms with van der Waals surface area (Å²) in [7, 11) is 0. The molecular weight excluding hydrogens is 430 g/mol. The van der Waals surface area contributed by atoms with Gasteiger partial charge in [0.1, 0.15) is 6.04 Å². The number of allylic oxidation sites excluding steroid dienone is 1. The first kappa shape index (κ1) is 21.4. The van der Waals surface area contributed by atoms with Gasteiger partial charge in [0.05, 0.1) is 21.6 Å². The molecule has 0 bridgehead atoms. The molecule has 0 amide bonds. The number of benzene rings is 2. The van der Waals surface area contributed by atoms with E-state index in [9.17, 15) is 19.7 Å². The van der Waals surface area contributed by atoms with E-state index in [2.05, 4.69) is 4.99 Å². The Bertz CT molecular complexity index is 1420. The maximum atomic E-state index is 13.1. The van der Waals surface area contributed by atoms with Crippen LogP contribution in [0.1, 0.15) is 31.0 Å². The number of non-ortho nitro benzene ring substituents is 1. The number of hydrogen-bond donors (Lipinski definition) is 0. The summed E-state index contributed by atoms with van der Waals surface area (Å²) in [5, 5.41) is 11.3. The van der Waals surface area contributed by atoms with Crippen molar-refractivity contribution in [1.82, 2.24) is 4.57 Å². The molecular formula is C23H19N3O5S. The average Bonchev–Trinajstić information content (AvgIpc) is 3.09. The highest BCUT2D eigenvalue weighted by Gasteiger charge is 2.32. The fraction of sp³-hybridized carbons (Fsp3) is 0.174. The zero-order valence-electron chi connectivity index (χ0n) is 17.3. The first-order valence-corrected chi connectivity index (χ1v) is 10.7. The zero-order valence-corrected chi connectivity index (χ0v) is 18.2. The molecule has 1 aliphatic heterocycles. The number of nitrogens with zero attached hydrogens (tertiary/aromatic N) is 3. The summed E-state index contributed by atoms with van der Waals surface area (Å²) in [5.41, 5.74) is 1.54. The minimum absolute atomic E-state index is 0.106. The molecule has 0 aliphatic carbocycles. The van der Waals surface area contributed by atoms with E-state index in [1.54, 1.807) is 32.1 Å². The molecule has 9 heteroatoms. The number of carbonyl (C=O) groups is 1. The van der Waals surface area contributed by atoms with Crippen molar-refractivity contribution in [3.8, 4) is 0 Å². The molecule has 0 radical (unpaired) electrons. The predicted octanol–water partition coefficient (Wildman–Crippen LogP) is 2.82. The fourth-order valence-electron chi connectivity index (χ4n) is 3.57. The van der Waals surface area contributed by atoms with Gasteiger partial charge in [0.2, 0.25) is 0 Å². The lowest BCUT2D eigenvalue weighted by molar-refractivity contribution is -0.384. The molecule has 4 rings (SSSR count). The van der Waals surface area contributed by atoms with Crippen molar-refractivity contribution in [3.05, 3.63) is 101 Å². The van der Waals surface area contributed by atoms with Crippen LogP contribution in [0.3, 0.4) is 0 Å². The molecule has 1 atom stereocenters. The van der Waals surface area contributed by atoms with E-state index in [-0.39, 0.29) is 23.4 Å². The Labute approximate surface area is 186 Å². The first-order chi connectivity index (χ1) is 15.4. The molecule has 1 unspecified atom stereocenters. The summed E-state index contributed by atoms with van der Waals surface area (Å²) in [5.74, 6) is -0.609. The van der Waals surface area contributed by atoms with Crippen LogP contribution in [0, 0.1) is 10.1 Å². The number of rotatable bonds is 5. The van der Waals surface area contributed by atoms with Gasteiger partial charge >= 0.3 is 5.97 Å². The molecule has 2 aromatic carbocycles. The monoisotopic (exact) mass is 449 g/mol. The molecule has 0 spiro atoms. The number of nitro benzene ring substituents is 1. The van der Waals surface area contributed by atoms with Crippen molar-refractivity contribution in [1.29, 1.82) is 0 Å². The summed E-state index contributed by atoms with van der Waals surface area (Å²) in [6.45, 7) is 3.50. The van der Waals surface area contributed by atoms with Gasteiger partial charge in [-0.25, -0.2) is 9.79 Å². The van der Waals surface area contributed by atoms with Crippen LogP contribution in [-0.4, -0.2) is 22.1 Å². The third-order valence-electron chi connectivity index (χ3n) is 5.03. The van der Waals surface area contributed by atoms with Gasteiger partial charge in [-0.15, -0.1) is 0 Å². The van der Waals surface area contributed by atoms with E-state index in [0.29, 0.717) is 20.6 Å². The number of aromatic nitrogens is 1. The molecule has 0 saturated carbocycles. The van der Waals surface area contributed by atoms with Crippen LogP contribution in [0.4, 0.5) is 5.69 Å². The summed E-state index contributed by atoms with van der Waals surface area (Å²) in [6, 6.07) is 14.6. The molecule has 3 aromatic rings. The van der Waals surface area contributed by atoms with Crippen molar-refractivity contribution in [2.24, 2.45) is 4.99 Å². The number of fused-ring (bicyclic) bond motifs is 1. The Morgan fingerprint density at radius 1 is 1.25 bits per heavy atom. The Morgan fingerprint density at radius 3 is 2.69 bits per heavy atom. The van der Waals surface area contributed by atoms with E-state index in [0.717, 1.165) is 5.56 Å². The number of hydrogen-bond acceptors (Lipinski definition) is 7. The molecule has 8 nitrogen and oxygen atoms in total. The van der Waals surface area contributed by atoms with Gasteiger partial charge in [0.25, 0.3) is 11.2 Å². The van der Waals surface area contributed by atoms with Gasteiger partial charge in [-0.2, -0.15) is 0 Å². The predicted molar refractivity (Wildman–Crippen MR) is 121 cm³/mol.